The van der Waals surface area contributed by atoms with Crippen molar-refractivity contribution in [1.82, 2.24) is 10.2 Å². The van der Waals surface area contributed by atoms with Gasteiger partial charge in [0.2, 0.25) is 11.0 Å². The van der Waals surface area contributed by atoms with Gasteiger partial charge in [-0.2, -0.15) is 0 Å². The topological polar surface area (TPSA) is 73.3 Å². The van der Waals surface area contributed by atoms with Gasteiger partial charge in [0.05, 0.1) is 14.2 Å². The van der Waals surface area contributed by atoms with Gasteiger partial charge in [0.25, 0.3) is 0 Å². The van der Waals surface area contributed by atoms with Crippen LogP contribution in [0.1, 0.15) is 16.1 Å². The molecule has 6 nitrogen and oxygen atoms in total. The quantitative estimate of drug-likeness (QED) is 0.630. The van der Waals surface area contributed by atoms with Crippen LogP contribution in [-0.4, -0.2) is 30.3 Å². The van der Waals surface area contributed by atoms with Gasteiger partial charge in [-0.3, -0.25) is 10.1 Å². The van der Waals surface area contributed by atoms with Crippen molar-refractivity contribution in [2.75, 3.05) is 19.5 Å². The highest BCUT2D eigenvalue weighted by Gasteiger charge is 2.09. The van der Waals surface area contributed by atoms with Crippen molar-refractivity contribution in [3.63, 3.8) is 0 Å². The summed E-state index contributed by atoms with van der Waals surface area (Å²) >= 11 is 1.36. The summed E-state index contributed by atoms with van der Waals surface area (Å²) in [5, 5.41) is 12.2. The fourth-order valence-electron chi connectivity index (χ4n) is 2.50. The molecule has 0 spiro atoms. The maximum Gasteiger partial charge on any atom is 0.250 e. The maximum atomic E-state index is 12.2. The summed E-state index contributed by atoms with van der Waals surface area (Å²) in [5.41, 5.74) is 1.89. The lowest BCUT2D eigenvalue weighted by atomic mass is 10.1. The van der Waals surface area contributed by atoms with E-state index in [1.807, 2.05) is 42.5 Å². The number of nitrogens with one attached hydrogen (secondary N) is 1. The number of hydrogen-bond acceptors (Lipinski definition) is 6. The smallest absolute Gasteiger partial charge is 0.250 e. The highest BCUT2D eigenvalue weighted by molar-refractivity contribution is 7.15. The highest BCUT2D eigenvalue weighted by Crippen LogP contribution is 2.31. The molecule has 0 bridgehead atoms. The van der Waals surface area contributed by atoms with E-state index in [9.17, 15) is 4.79 Å². The Bertz CT molecular complexity index is 939. The lowest BCUT2D eigenvalue weighted by molar-refractivity contribution is -0.111. The van der Waals surface area contributed by atoms with Gasteiger partial charge in [0, 0.05) is 18.1 Å². The molecule has 1 aromatic heterocycles. The Morgan fingerprint density at radius 3 is 2.63 bits per heavy atom. The predicted molar refractivity (Wildman–Crippen MR) is 106 cm³/mol. The van der Waals surface area contributed by atoms with Crippen molar-refractivity contribution in [2.24, 2.45) is 0 Å². The number of methoxy groups -OCH3 is 2. The zero-order chi connectivity index (χ0) is 19.1. The van der Waals surface area contributed by atoms with Gasteiger partial charge in [-0.15, -0.1) is 10.2 Å². The molecular formula is C20H19N3O3S. The summed E-state index contributed by atoms with van der Waals surface area (Å²) in [6, 6.07) is 15.5. The average Bonchev–Trinajstić information content (AvgIpc) is 3.13. The van der Waals surface area contributed by atoms with E-state index in [0.29, 0.717) is 23.1 Å². The van der Waals surface area contributed by atoms with Crippen molar-refractivity contribution in [3.05, 3.63) is 70.7 Å². The third-order valence-electron chi connectivity index (χ3n) is 3.74. The minimum atomic E-state index is -0.290. The van der Waals surface area contributed by atoms with Crippen LogP contribution in [0.5, 0.6) is 11.5 Å². The van der Waals surface area contributed by atoms with Gasteiger partial charge in [0.1, 0.15) is 5.01 Å². The molecule has 0 unspecified atom stereocenters. The Kier molecular flexibility index (Phi) is 6.17. The second-order valence-electron chi connectivity index (χ2n) is 5.57. The van der Waals surface area contributed by atoms with Gasteiger partial charge in [-0.05, 0) is 17.7 Å². The number of anilines is 1. The molecule has 0 aliphatic rings. The van der Waals surface area contributed by atoms with Gasteiger partial charge >= 0.3 is 0 Å². The largest absolute Gasteiger partial charge is 0.493 e. The number of nitrogens with zero attached hydrogens (tertiary/aromatic N) is 2. The molecule has 3 aromatic rings. The molecule has 7 heteroatoms. The number of ether oxygens (including phenoxy) is 2. The predicted octanol–water partition coefficient (Wildman–Crippen LogP) is 3.80. The first-order valence-corrected chi connectivity index (χ1v) is 9.07. The molecule has 0 saturated carbocycles. The molecule has 0 fully saturated rings. The molecule has 2 aromatic carbocycles. The van der Waals surface area contributed by atoms with E-state index in [1.54, 1.807) is 26.4 Å². The summed E-state index contributed by atoms with van der Waals surface area (Å²) in [6.45, 7) is 0. The van der Waals surface area contributed by atoms with Crippen molar-refractivity contribution in [3.8, 4) is 11.5 Å². The van der Waals surface area contributed by atoms with Crippen molar-refractivity contribution in [1.29, 1.82) is 0 Å². The van der Waals surface area contributed by atoms with Crippen LogP contribution in [0.15, 0.2) is 54.6 Å². The highest BCUT2D eigenvalue weighted by atomic mass is 32.1. The zero-order valence-electron chi connectivity index (χ0n) is 15.0. The number of carbonyl (C=O) groups is 1. The summed E-state index contributed by atoms with van der Waals surface area (Å²) < 4.78 is 10.6. The third-order valence-corrected chi connectivity index (χ3v) is 4.58. The van der Waals surface area contributed by atoms with Gasteiger partial charge < -0.3 is 9.47 Å². The van der Waals surface area contributed by atoms with Gasteiger partial charge in [-0.25, -0.2) is 0 Å². The van der Waals surface area contributed by atoms with E-state index in [0.717, 1.165) is 16.1 Å². The standard InChI is InChI=1S/C20H19N3O3S/c1-25-16-10-6-9-15(19(16)26-2)11-12-17(24)21-20-23-22-18(27-20)13-14-7-4-3-5-8-14/h3-12H,13H2,1-2H3,(H,21,23,24)/b12-11+. The van der Waals surface area contributed by atoms with E-state index in [-0.39, 0.29) is 5.91 Å². The lowest BCUT2D eigenvalue weighted by Gasteiger charge is -2.09. The minimum Gasteiger partial charge on any atom is -0.493 e. The number of para-hydroxylation sites is 1. The first-order valence-electron chi connectivity index (χ1n) is 8.26. The SMILES string of the molecule is COc1cccc(/C=C/C(=O)Nc2nnc(Cc3ccccc3)s2)c1OC. The van der Waals surface area contributed by atoms with E-state index in [4.69, 9.17) is 9.47 Å². The van der Waals surface area contributed by atoms with Gasteiger partial charge in [0.15, 0.2) is 11.5 Å². The first kappa shape index (κ1) is 18.6. The lowest BCUT2D eigenvalue weighted by Crippen LogP contribution is -2.07. The van der Waals surface area contributed by atoms with Gasteiger partial charge in [-0.1, -0.05) is 53.8 Å². The first-order chi connectivity index (χ1) is 13.2. The Labute approximate surface area is 161 Å². The fourth-order valence-corrected chi connectivity index (χ4v) is 3.28. The van der Waals surface area contributed by atoms with Crippen LogP contribution in [0.2, 0.25) is 0 Å². The molecular weight excluding hydrogens is 362 g/mol. The van der Waals surface area contributed by atoms with Crippen molar-refractivity contribution >= 4 is 28.5 Å². The third kappa shape index (κ3) is 4.92. The second kappa shape index (κ2) is 8.95. The molecule has 27 heavy (non-hydrogen) atoms. The number of aromatic nitrogens is 2. The molecule has 1 amide bonds. The molecule has 0 aliphatic heterocycles. The summed E-state index contributed by atoms with van der Waals surface area (Å²) in [6.07, 6.45) is 3.78. The number of amides is 1. The van der Waals surface area contributed by atoms with Crippen LogP contribution in [0.25, 0.3) is 6.08 Å². The van der Waals surface area contributed by atoms with Crippen LogP contribution >= 0.6 is 11.3 Å². The van der Waals surface area contributed by atoms with Crippen LogP contribution in [-0.2, 0) is 11.2 Å². The fraction of sp³-hybridized carbons (Fsp3) is 0.150. The van der Waals surface area contributed by atoms with Crippen molar-refractivity contribution in [2.45, 2.75) is 6.42 Å². The molecule has 0 atom stereocenters. The number of rotatable bonds is 7. The van der Waals surface area contributed by atoms with E-state index in [2.05, 4.69) is 15.5 Å². The molecule has 0 saturated heterocycles. The Morgan fingerprint density at radius 2 is 1.89 bits per heavy atom. The Hall–Kier alpha value is -3.19. The molecule has 0 radical (unpaired) electrons. The summed E-state index contributed by atoms with van der Waals surface area (Å²) in [4.78, 5) is 12.2. The molecule has 138 valence electrons. The van der Waals surface area contributed by atoms with Crippen LogP contribution in [0.3, 0.4) is 0 Å². The minimum absolute atomic E-state index is 0.290. The van der Waals surface area contributed by atoms with E-state index in [1.165, 1.54) is 17.4 Å². The average molecular weight is 381 g/mol. The van der Waals surface area contributed by atoms with E-state index < -0.39 is 0 Å². The maximum absolute atomic E-state index is 12.2. The molecule has 3 rings (SSSR count). The summed E-state index contributed by atoms with van der Waals surface area (Å²) in [5.74, 6) is 0.891. The Morgan fingerprint density at radius 1 is 1.07 bits per heavy atom. The van der Waals surface area contributed by atoms with Crippen LogP contribution < -0.4 is 14.8 Å². The van der Waals surface area contributed by atoms with E-state index >= 15 is 0 Å². The normalized spacial score (nSPS) is 10.7. The molecule has 0 aliphatic carbocycles. The summed E-state index contributed by atoms with van der Waals surface area (Å²) in [7, 11) is 3.13. The second-order valence-corrected chi connectivity index (χ2v) is 6.63. The van der Waals surface area contributed by atoms with Crippen LogP contribution in [0, 0.1) is 0 Å². The monoisotopic (exact) mass is 381 g/mol. The van der Waals surface area contributed by atoms with Crippen LogP contribution in [0.4, 0.5) is 5.13 Å². The van der Waals surface area contributed by atoms with Crippen molar-refractivity contribution < 1.29 is 14.3 Å². The molecule has 1 N–H and O–H groups in total. The molecule has 1 heterocycles. The number of hydrogen-bond donors (Lipinski definition) is 1. The Balaban J connectivity index is 1.64. The number of carbonyl (C=O) groups excluding carboxylic acids is 1. The zero-order valence-corrected chi connectivity index (χ0v) is 15.8. The number of benzene rings is 2.